The Kier molecular flexibility index (Phi) is 10.7. The van der Waals surface area contributed by atoms with Gasteiger partial charge in [-0.1, -0.05) is 6.58 Å². The van der Waals surface area contributed by atoms with E-state index in [4.69, 9.17) is 15.2 Å². The molecular formula is C29H30F6N8O3. The Morgan fingerprint density at radius 2 is 1.83 bits per heavy atom. The first-order valence-electron chi connectivity index (χ1n) is 13.7. The Morgan fingerprint density at radius 1 is 1.11 bits per heavy atom. The fourth-order valence-corrected chi connectivity index (χ4v) is 4.43. The summed E-state index contributed by atoms with van der Waals surface area (Å²) < 4.78 is 92.2. The van der Waals surface area contributed by atoms with Crippen LogP contribution >= 0.6 is 0 Å². The van der Waals surface area contributed by atoms with Crippen LogP contribution in [0.25, 0.3) is 0 Å². The van der Waals surface area contributed by atoms with Crippen molar-refractivity contribution in [1.82, 2.24) is 14.9 Å². The minimum atomic E-state index is -4.90. The van der Waals surface area contributed by atoms with Crippen LogP contribution in [0.4, 0.5) is 49.4 Å². The van der Waals surface area contributed by atoms with Crippen LogP contribution in [0.5, 0.6) is 5.75 Å². The number of morpholine rings is 1. The summed E-state index contributed by atoms with van der Waals surface area (Å²) in [6.07, 6.45) is -7.05. The maximum atomic E-state index is 14.0. The molecule has 1 amide bonds. The number of aromatic nitrogens is 2. The van der Waals surface area contributed by atoms with Crippen molar-refractivity contribution in [3.8, 4) is 5.75 Å². The lowest BCUT2D eigenvalue weighted by Crippen LogP contribution is -2.39. The molecule has 0 bridgehead atoms. The minimum Gasteiger partial charge on any atom is -0.496 e. The van der Waals surface area contributed by atoms with Gasteiger partial charge < -0.3 is 31.2 Å². The zero-order valence-corrected chi connectivity index (χ0v) is 24.4. The summed E-state index contributed by atoms with van der Waals surface area (Å²) in [5.41, 5.74) is 2.62. The van der Waals surface area contributed by atoms with Crippen molar-refractivity contribution in [2.75, 3.05) is 62.5 Å². The lowest BCUT2D eigenvalue weighted by molar-refractivity contribution is -0.139. The number of amides is 1. The first kappa shape index (κ1) is 34.0. The number of hydrogen-bond acceptors (Lipinski definition) is 9. The second-order valence-electron chi connectivity index (χ2n) is 9.78. The van der Waals surface area contributed by atoms with Gasteiger partial charge in [-0.05, 0) is 42.6 Å². The molecule has 46 heavy (non-hydrogen) atoms. The maximum Gasteiger partial charge on any atom is 0.420 e. The SMILES string of the molecule is C=CNc1cnc(NCCN2CCOCC2)nc1C(N)=Nc1cc(C(=O)Nc2ccc(OC)c(C(F)(F)F)c2)ccc1C(F)(F)F. The van der Waals surface area contributed by atoms with Crippen LogP contribution in [-0.2, 0) is 17.1 Å². The van der Waals surface area contributed by atoms with E-state index in [2.05, 4.69) is 42.4 Å². The van der Waals surface area contributed by atoms with E-state index in [0.29, 0.717) is 38.4 Å². The average molecular weight is 653 g/mol. The molecule has 1 aromatic heterocycles. The van der Waals surface area contributed by atoms with E-state index in [1.165, 1.54) is 12.4 Å². The molecule has 2 heterocycles. The molecule has 1 aliphatic rings. The summed E-state index contributed by atoms with van der Waals surface area (Å²) in [5.74, 6) is -1.78. The van der Waals surface area contributed by atoms with Crippen LogP contribution in [-0.4, -0.2) is 73.1 Å². The average Bonchev–Trinajstić information content (AvgIpc) is 3.01. The predicted molar refractivity (Wildman–Crippen MR) is 159 cm³/mol. The molecule has 5 N–H and O–H groups in total. The van der Waals surface area contributed by atoms with Crippen LogP contribution < -0.4 is 26.4 Å². The molecule has 0 spiro atoms. The zero-order chi connectivity index (χ0) is 33.5. The number of nitrogens with zero attached hydrogens (tertiary/aromatic N) is 4. The van der Waals surface area contributed by atoms with Gasteiger partial charge in [-0.25, -0.2) is 15.0 Å². The highest BCUT2D eigenvalue weighted by molar-refractivity contribution is 6.06. The van der Waals surface area contributed by atoms with Crippen molar-refractivity contribution < 1.29 is 40.6 Å². The quantitative estimate of drug-likeness (QED) is 0.126. The van der Waals surface area contributed by atoms with Crippen molar-refractivity contribution in [3.05, 3.63) is 77.8 Å². The Morgan fingerprint density at radius 3 is 2.48 bits per heavy atom. The number of methoxy groups -OCH3 is 1. The maximum absolute atomic E-state index is 14.0. The van der Waals surface area contributed by atoms with Crippen molar-refractivity contribution >= 4 is 34.8 Å². The summed E-state index contributed by atoms with van der Waals surface area (Å²) >= 11 is 0. The number of nitrogens with two attached hydrogens (primary N) is 1. The highest BCUT2D eigenvalue weighted by Crippen LogP contribution is 2.39. The van der Waals surface area contributed by atoms with Gasteiger partial charge in [-0.15, -0.1) is 0 Å². The van der Waals surface area contributed by atoms with Crippen LogP contribution in [0.3, 0.4) is 0 Å². The second-order valence-corrected chi connectivity index (χ2v) is 9.78. The number of rotatable bonds is 11. The third kappa shape index (κ3) is 8.63. The minimum absolute atomic E-state index is 0.0512. The molecule has 0 unspecified atom stereocenters. The number of nitrogens with one attached hydrogen (secondary N) is 3. The number of carbonyl (C=O) groups excluding carboxylic acids is 1. The van der Waals surface area contributed by atoms with Crippen molar-refractivity contribution in [2.45, 2.75) is 12.4 Å². The highest BCUT2D eigenvalue weighted by atomic mass is 19.4. The van der Waals surface area contributed by atoms with E-state index < -0.39 is 46.7 Å². The number of benzene rings is 2. The van der Waals surface area contributed by atoms with Gasteiger partial charge in [0.05, 0.1) is 49.0 Å². The van der Waals surface area contributed by atoms with Crippen LogP contribution in [0, 0.1) is 0 Å². The molecule has 0 saturated carbocycles. The van der Waals surface area contributed by atoms with Gasteiger partial charge >= 0.3 is 12.4 Å². The van der Waals surface area contributed by atoms with Gasteiger partial charge in [0.15, 0.2) is 5.84 Å². The van der Waals surface area contributed by atoms with E-state index in [1.807, 2.05) is 0 Å². The van der Waals surface area contributed by atoms with Gasteiger partial charge in [0.25, 0.3) is 5.91 Å². The molecule has 2 aromatic carbocycles. The van der Waals surface area contributed by atoms with Gasteiger partial charge in [0.1, 0.15) is 11.4 Å². The molecule has 0 atom stereocenters. The third-order valence-corrected chi connectivity index (χ3v) is 6.67. The lowest BCUT2D eigenvalue weighted by atomic mass is 10.1. The molecule has 4 rings (SSSR count). The van der Waals surface area contributed by atoms with E-state index in [-0.39, 0.29) is 28.6 Å². The fourth-order valence-electron chi connectivity index (χ4n) is 4.43. The number of hydrogen-bond donors (Lipinski definition) is 4. The molecule has 0 radical (unpaired) electrons. The Labute approximate surface area is 259 Å². The first-order chi connectivity index (χ1) is 21.8. The van der Waals surface area contributed by atoms with Crippen LogP contribution in [0.1, 0.15) is 27.2 Å². The number of carbonyl (C=O) groups is 1. The van der Waals surface area contributed by atoms with E-state index in [0.717, 1.165) is 44.5 Å². The Bertz CT molecular complexity index is 1590. The van der Waals surface area contributed by atoms with Gasteiger partial charge in [-0.2, -0.15) is 26.3 Å². The van der Waals surface area contributed by atoms with Crippen molar-refractivity contribution in [2.24, 2.45) is 10.7 Å². The standard InChI is InChI=1S/C29H30F6N8O3/c1-3-37-22-16-39-27(38-8-9-43-10-12-46-13-11-43)42-24(22)25(36)41-21-14-17(4-6-19(21)28(30,31)32)26(44)40-18-5-7-23(45-2)20(15-18)29(33,34)35/h3-7,14-16,37H,1,8-13H2,2H3,(H2,36,41)(H,40,44)(H,38,39,42). The number of aliphatic imine (C=N–C) groups is 1. The summed E-state index contributed by atoms with van der Waals surface area (Å²) in [4.78, 5) is 27.6. The van der Waals surface area contributed by atoms with E-state index >= 15 is 0 Å². The molecule has 1 aliphatic heterocycles. The summed E-state index contributed by atoms with van der Waals surface area (Å²) in [6.45, 7) is 7.46. The van der Waals surface area contributed by atoms with Crippen LogP contribution in [0.2, 0.25) is 0 Å². The summed E-state index contributed by atoms with van der Waals surface area (Å²) in [5, 5.41) is 8.05. The first-order valence-corrected chi connectivity index (χ1v) is 13.7. The summed E-state index contributed by atoms with van der Waals surface area (Å²) in [6, 6.07) is 5.12. The molecule has 1 saturated heterocycles. The molecule has 11 nitrogen and oxygen atoms in total. The molecule has 1 fully saturated rings. The number of amidine groups is 1. The fraction of sp³-hybridized carbons (Fsp3) is 0.310. The molecule has 17 heteroatoms. The number of anilines is 3. The van der Waals surface area contributed by atoms with Crippen molar-refractivity contribution in [3.63, 3.8) is 0 Å². The van der Waals surface area contributed by atoms with E-state index in [1.54, 1.807) is 0 Å². The third-order valence-electron chi connectivity index (χ3n) is 6.67. The second kappa shape index (κ2) is 14.5. The van der Waals surface area contributed by atoms with Gasteiger partial charge in [0.2, 0.25) is 5.95 Å². The molecular weight excluding hydrogens is 622 g/mol. The topological polar surface area (TPSA) is 139 Å². The number of halogens is 6. The largest absolute Gasteiger partial charge is 0.496 e. The molecule has 3 aromatic rings. The smallest absolute Gasteiger partial charge is 0.420 e. The van der Waals surface area contributed by atoms with Crippen molar-refractivity contribution in [1.29, 1.82) is 0 Å². The Hall–Kier alpha value is -4.90. The number of alkyl halides is 6. The van der Waals surface area contributed by atoms with E-state index in [9.17, 15) is 31.1 Å². The van der Waals surface area contributed by atoms with Gasteiger partial charge in [0, 0.05) is 37.4 Å². The lowest BCUT2D eigenvalue weighted by Gasteiger charge is -2.26. The zero-order valence-electron chi connectivity index (χ0n) is 24.4. The summed E-state index contributed by atoms with van der Waals surface area (Å²) in [7, 11) is 1.06. The highest BCUT2D eigenvalue weighted by Gasteiger charge is 2.36. The predicted octanol–water partition coefficient (Wildman–Crippen LogP) is 5.11. The Balaban J connectivity index is 1.64. The number of ether oxygens (including phenoxy) is 2. The van der Waals surface area contributed by atoms with Gasteiger partial charge in [-0.3, -0.25) is 9.69 Å². The molecule has 246 valence electrons. The van der Waals surface area contributed by atoms with Crippen LogP contribution in [0.15, 0.2) is 60.4 Å². The monoisotopic (exact) mass is 652 g/mol. The molecule has 0 aliphatic carbocycles. The normalized spacial score (nSPS) is 14.5.